The summed E-state index contributed by atoms with van der Waals surface area (Å²) in [5.41, 5.74) is 2.16. The second-order valence-electron chi connectivity index (χ2n) is 3.33. The van der Waals surface area contributed by atoms with Crippen molar-refractivity contribution in [3.05, 3.63) is 47.6 Å². The minimum Gasteiger partial charge on any atom is -0.470 e. The highest BCUT2D eigenvalue weighted by molar-refractivity contribution is 6.29. The smallest absolute Gasteiger partial charge is 0.129 e. The van der Waals surface area contributed by atoms with Crippen LogP contribution in [0.25, 0.3) is 0 Å². The fraction of sp³-hybridized carbons (Fsp3) is 0.182. The van der Waals surface area contributed by atoms with Crippen LogP contribution < -0.4 is 4.90 Å². The number of aromatic nitrogens is 1. The lowest BCUT2D eigenvalue weighted by molar-refractivity contribution is 0.566. The van der Waals surface area contributed by atoms with Gasteiger partial charge in [0, 0.05) is 19.8 Å². The van der Waals surface area contributed by atoms with Crippen LogP contribution in [0.5, 0.6) is 0 Å². The molecule has 2 aromatic rings. The molecule has 0 aliphatic rings. The topological polar surface area (TPSA) is 29.3 Å². The second kappa shape index (κ2) is 4.36. The first-order valence-electron chi connectivity index (χ1n) is 4.59. The molecule has 2 aromatic heterocycles. The number of hydrogen-bond acceptors (Lipinski definition) is 3. The van der Waals surface area contributed by atoms with Gasteiger partial charge in [-0.25, -0.2) is 4.98 Å². The molecule has 78 valence electrons. The molecular formula is C11H11ClN2O. The van der Waals surface area contributed by atoms with Gasteiger partial charge >= 0.3 is 0 Å². The molecule has 0 radical (unpaired) electrons. The molecule has 2 rings (SSSR count). The molecule has 0 aromatic carbocycles. The van der Waals surface area contributed by atoms with Gasteiger partial charge in [0.25, 0.3) is 0 Å². The van der Waals surface area contributed by atoms with E-state index in [1.54, 1.807) is 24.8 Å². The van der Waals surface area contributed by atoms with Crippen molar-refractivity contribution in [2.75, 3.05) is 11.9 Å². The minimum absolute atomic E-state index is 0.518. The Morgan fingerprint density at radius 2 is 2.27 bits per heavy atom. The summed E-state index contributed by atoms with van der Waals surface area (Å²) in [4.78, 5) is 6.11. The van der Waals surface area contributed by atoms with Crippen molar-refractivity contribution in [1.82, 2.24) is 4.98 Å². The van der Waals surface area contributed by atoms with Crippen molar-refractivity contribution in [3.8, 4) is 0 Å². The summed E-state index contributed by atoms with van der Waals surface area (Å²) in [5.74, 6) is 0. The number of anilines is 1. The van der Waals surface area contributed by atoms with Crippen molar-refractivity contribution < 1.29 is 4.42 Å². The van der Waals surface area contributed by atoms with E-state index >= 15 is 0 Å². The molecule has 3 nitrogen and oxygen atoms in total. The lowest BCUT2D eigenvalue weighted by Gasteiger charge is -2.16. The van der Waals surface area contributed by atoms with Gasteiger partial charge < -0.3 is 9.32 Å². The highest BCUT2D eigenvalue weighted by atomic mass is 35.5. The van der Waals surface area contributed by atoms with Crippen molar-refractivity contribution >= 4 is 17.3 Å². The SMILES string of the molecule is CN(Cc1ccc(Cl)nc1)c1ccoc1. The van der Waals surface area contributed by atoms with Gasteiger partial charge in [0.05, 0.1) is 12.0 Å². The molecular weight excluding hydrogens is 212 g/mol. The molecule has 0 spiro atoms. The number of hydrogen-bond donors (Lipinski definition) is 0. The fourth-order valence-corrected chi connectivity index (χ4v) is 1.45. The molecule has 0 fully saturated rings. The van der Waals surface area contributed by atoms with Crippen LogP contribution in [-0.2, 0) is 6.54 Å². The van der Waals surface area contributed by atoms with Crippen molar-refractivity contribution in [3.63, 3.8) is 0 Å². The van der Waals surface area contributed by atoms with E-state index in [1.165, 1.54) is 0 Å². The van der Waals surface area contributed by atoms with Gasteiger partial charge in [0.1, 0.15) is 11.4 Å². The van der Waals surface area contributed by atoms with Gasteiger partial charge in [-0.1, -0.05) is 17.7 Å². The molecule has 0 saturated carbocycles. The van der Waals surface area contributed by atoms with E-state index in [2.05, 4.69) is 9.88 Å². The van der Waals surface area contributed by atoms with E-state index in [0.29, 0.717) is 5.15 Å². The maximum absolute atomic E-state index is 5.71. The molecule has 2 heterocycles. The number of furan rings is 1. The van der Waals surface area contributed by atoms with E-state index in [9.17, 15) is 0 Å². The van der Waals surface area contributed by atoms with Crippen LogP contribution in [0.4, 0.5) is 5.69 Å². The summed E-state index contributed by atoms with van der Waals surface area (Å²) < 4.78 is 5.01. The Kier molecular flexibility index (Phi) is 2.92. The predicted octanol–water partition coefficient (Wildman–Crippen LogP) is 2.96. The van der Waals surface area contributed by atoms with Gasteiger partial charge in [-0.3, -0.25) is 0 Å². The first-order valence-corrected chi connectivity index (χ1v) is 4.97. The number of halogens is 1. The van der Waals surface area contributed by atoms with Crippen LogP contribution in [0.1, 0.15) is 5.56 Å². The van der Waals surface area contributed by atoms with Gasteiger partial charge in [0.15, 0.2) is 0 Å². The van der Waals surface area contributed by atoms with Crippen LogP contribution in [0, 0.1) is 0 Å². The van der Waals surface area contributed by atoms with E-state index in [4.69, 9.17) is 16.0 Å². The zero-order valence-corrected chi connectivity index (χ0v) is 9.11. The van der Waals surface area contributed by atoms with Gasteiger partial charge in [0.2, 0.25) is 0 Å². The third-order valence-electron chi connectivity index (χ3n) is 2.16. The fourth-order valence-electron chi connectivity index (χ4n) is 1.34. The van der Waals surface area contributed by atoms with E-state index < -0.39 is 0 Å². The summed E-state index contributed by atoms with van der Waals surface area (Å²) in [5, 5.41) is 0.518. The van der Waals surface area contributed by atoms with Crippen LogP contribution in [0.2, 0.25) is 5.15 Å². The molecule has 0 aliphatic heterocycles. The monoisotopic (exact) mass is 222 g/mol. The average molecular weight is 223 g/mol. The third-order valence-corrected chi connectivity index (χ3v) is 2.38. The normalized spacial score (nSPS) is 10.3. The zero-order chi connectivity index (χ0) is 10.7. The lowest BCUT2D eigenvalue weighted by Crippen LogP contribution is -2.15. The number of pyridine rings is 1. The lowest BCUT2D eigenvalue weighted by atomic mass is 10.2. The Morgan fingerprint density at radius 3 is 2.87 bits per heavy atom. The van der Waals surface area contributed by atoms with Gasteiger partial charge in [-0.15, -0.1) is 0 Å². The number of nitrogens with zero attached hydrogens (tertiary/aromatic N) is 2. The zero-order valence-electron chi connectivity index (χ0n) is 8.35. The Balaban J connectivity index is 2.06. The molecule has 0 aliphatic carbocycles. The first-order chi connectivity index (χ1) is 7.25. The summed E-state index contributed by atoms with van der Waals surface area (Å²) in [6.45, 7) is 0.781. The highest BCUT2D eigenvalue weighted by Crippen LogP contribution is 2.15. The van der Waals surface area contributed by atoms with Gasteiger partial charge in [-0.05, 0) is 17.7 Å². The number of rotatable bonds is 3. The minimum atomic E-state index is 0.518. The van der Waals surface area contributed by atoms with E-state index in [0.717, 1.165) is 17.8 Å². The van der Waals surface area contributed by atoms with Crippen molar-refractivity contribution in [2.24, 2.45) is 0 Å². The molecule has 0 atom stereocenters. The Labute approximate surface area is 93.3 Å². The largest absolute Gasteiger partial charge is 0.470 e. The van der Waals surface area contributed by atoms with Gasteiger partial charge in [-0.2, -0.15) is 0 Å². The highest BCUT2D eigenvalue weighted by Gasteiger charge is 2.03. The Bertz CT molecular complexity index is 411. The predicted molar refractivity (Wildman–Crippen MR) is 60.1 cm³/mol. The summed E-state index contributed by atoms with van der Waals surface area (Å²) in [6, 6.07) is 5.68. The molecule has 0 amide bonds. The molecule has 0 bridgehead atoms. The molecule has 0 N–H and O–H groups in total. The Hall–Kier alpha value is -1.48. The van der Waals surface area contributed by atoms with E-state index in [1.807, 2.05) is 19.2 Å². The van der Waals surface area contributed by atoms with Crippen molar-refractivity contribution in [2.45, 2.75) is 6.54 Å². The van der Waals surface area contributed by atoms with Crippen LogP contribution in [0.15, 0.2) is 41.3 Å². The average Bonchev–Trinajstić information content (AvgIpc) is 2.74. The standard InChI is InChI=1S/C11H11ClN2O/c1-14(10-4-5-15-8-10)7-9-2-3-11(12)13-6-9/h2-6,8H,7H2,1H3. The first kappa shape index (κ1) is 10.1. The quantitative estimate of drug-likeness (QED) is 0.748. The van der Waals surface area contributed by atoms with Crippen LogP contribution >= 0.6 is 11.6 Å². The maximum atomic E-state index is 5.71. The summed E-state index contributed by atoms with van der Waals surface area (Å²) >= 11 is 5.71. The van der Waals surface area contributed by atoms with Crippen LogP contribution in [-0.4, -0.2) is 12.0 Å². The van der Waals surface area contributed by atoms with E-state index in [-0.39, 0.29) is 0 Å². The van der Waals surface area contributed by atoms with Crippen LogP contribution in [0.3, 0.4) is 0 Å². The molecule has 0 saturated heterocycles. The van der Waals surface area contributed by atoms with Crippen molar-refractivity contribution in [1.29, 1.82) is 0 Å². The maximum Gasteiger partial charge on any atom is 0.129 e. The Morgan fingerprint density at radius 1 is 1.40 bits per heavy atom. The third kappa shape index (κ3) is 2.50. The molecule has 15 heavy (non-hydrogen) atoms. The summed E-state index contributed by atoms with van der Waals surface area (Å²) in [6.07, 6.45) is 5.15. The molecule has 4 heteroatoms. The molecule has 0 unspecified atom stereocenters. The summed E-state index contributed by atoms with van der Waals surface area (Å²) in [7, 11) is 2.00. The second-order valence-corrected chi connectivity index (χ2v) is 3.71.